The smallest absolute Gasteiger partial charge is 0.0416 e. The molecule has 0 aromatic rings. The van der Waals surface area contributed by atoms with Gasteiger partial charge >= 0.3 is 0 Å². The van der Waals surface area contributed by atoms with Gasteiger partial charge in [-0.3, -0.25) is 5.32 Å². The molecule has 0 aromatic carbocycles. The van der Waals surface area contributed by atoms with E-state index < -0.39 is 0 Å². The van der Waals surface area contributed by atoms with Gasteiger partial charge in [-0.25, -0.2) is 0 Å². The number of rotatable bonds is 2. The quantitative estimate of drug-likeness (QED) is 0.671. The van der Waals surface area contributed by atoms with E-state index in [0.29, 0.717) is 5.66 Å². The van der Waals surface area contributed by atoms with Gasteiger partial charge in [-0.05, 0) is 37.2 Å². The summed E-state index contributed by atoms with van der Waals surface area (Å²) in [4.78, 5) is 0. The first-order valence-electron chi connectivity index (χ1n) is 4.06. The fourth-order valence-electron chi connectivity index (χ4n) is 1.33. The van der Waals surface area contributed by atoms with Gasteiger partial charge < -0.3 is 0 Å². The molecule has 0 spiro atoms. The van der Waals surface area contributed by atoms with Crippen LogP contribution in [0.2, 0.25) is 0 Å². The van der Waals surface area contributed by atoms with E-state index in [1.807, 2.05) is 7.05 Å². The Hall–Kier alpha value is 0.0400. The zero-order valence-corrected chi connectivity index (χ0v) is 9.67. The Balaban J connectivity index is 2.81. The SMILES string of the molecule is CNC(=P)C1=CC[C@H](P)C=C1C. The normalized spacial score (nSPS) is 23.1. The van der Waals surface area contributed by atoms with Crippen molar-refractivity contribution in [2.45, 2.75) is 19.0 Å². The minimum atomic E-state index is 0.602. The maximum Gasteiger partial charge on any atom is 0.0416 e. The summed E-state index contributed by atoms with van der Waals surface area (Å²) in [6, 6.07) is 0. The molecule has 1 unspecified atom stereocenters. The van der Waals surface area contributed by atoms with E-state index in [9.17, 15) is 0 Å². The fourth-order valence-corrected chi connectivity index (χ4v) is 2.05. The van der Waals surface area contributed by atoms with Gasteiger partial charge in [0.15, 0.2) is 0 Å². The third-order valence-electron chi connectivity index (χ3n) is 2.00. The van der Waals surface area contributed by atoms with Gasteiger partial charge in [-0.2, -0.15) is 0 Å². The van der Waals surface area contributed by atoms with Crippen LogP contribution in [0.25, 0.3) is 0 Å². The summed E-state index contributed by atoms with van der Waals surface area (Å²) >= 11 is 0. The van der Waals surface area contributed by atoms with Crippen LogP contribution in [0.5, 0.6) is 0 Å². The second-order valence-corrected chi connectivity index (χ2v) is 4.35. The molecular formula is C9H15NP2. The van der Waals surface area contributed by atoms with E-state index in [1.165, 1.54) is 11.1 Å². The Kier molecular flexibility index (Phi) is 3.65. The van der Waals surface area contributed by atoms with Crippen LogP contribution in [0, 0.1) is 0 Å². The lowest BCUT2D eigenvalue weighted by molar-refractivity contribution is 1.02. The van der Waals surface area contributed by atoms with Crippen LogP contribution < -0.4 is 5.32 Å². The van der Waals surface area contributed by atoms with Crippen molar-refractivity contribution >= 4 is 23.5 Å². The maximum atomic E-state index is 3.54. The van der Waals surface area contributed by atoms with E-state index in [2.05, 4.69) is 42.5 Å². The van der Waals surface area contributed by atoms with Crippen molar-refractivity contribution in [1.82, 2.24) is 5.32 Å². The highest BCUT2D eigenvalue weighted by atomic mass is 31.0. The molecule has 12 heavy (non-hydrogen) atoms. The van der Waals surface area contributed by atoms with E-state index >= 15 is 0 Å². The summed E-state index contributed by atoms with van der Waals surface area (Å²) in [5.74, 6) is 0. The molecule has 0 amide bonds. The van der Waals surface area contributed by atoms with Gasteiger partial charge in [-0.1, -0.05) is 12.2 Å². The van der Waals surface area contributed by atoms with E-state index in [0.717, 1.165) is 11.8 Å². The summed E-state index contributed by atoms with van der Waals surface area (Å²) in [6.45, 7) is 2.14. The van der Waals surface area contributed by atoms with Crippen molar-refractivity contribution < 1.29 is 0 Å². The lowest BCUT2D eigenvalue weighted by Crippen LogP contribution is -2.20. The predicted octanol–water partition coefficient (Wildman–Crippen LogP) is 2.00. The van der Waals surface area contributed by atoms with E-state index in [-0.39, 0.29) is 0 Å². The van der Waals surface area contributed by atoms with Crippen LogP contribution in [-0.2, 0) is 0 Å². The van der Waals surface area contributed by atoms with Crippen molar-refractivity contribution in [3.8, 4) is 0 Å². The summed E-state index contributed by atoms with van der Waals surface area (Å²) in [5, 5.41) is 3.09. The van der Waals surface area contributed by atoms with Crippen molar-refractivity contribution in [2.24, 2.45) is 0 Å². The first-order chi connectivity index (χ1) is 5.65. The maximum absolute atomic E-state index is 3.54. The van der Waals surface area contributed by atoms with Crippen molar-refractivity contribution in [1.29, 1.82) is 0 Å². The number of nitrogens with one attached hydrogen (secondary N) is 1. The van der Waals surface area contributed by atoms with E-state index in [1.54, 1.807) is 0 Å². The summed E-state index contributed by atoms with van der Waals surface area (Å²) < 4.78 is 0. The number of allylic oxidation sites excluding steroid dienone is 2. The molecular weight excluding hydrogens is 184 g/mol. The summed E-state index contributed by atoms with van der Waals surface area (Å²) in [6.07, 6.45) is 5.64. The fraction of sp³-hybridized carbons (Fsp3) is 0.444. The molecule has 1 aliphatic carbocycles. The van der Waals surface area contributed by atoms with Gasteiger partial charge in [0, 0.05) is 5.42 Å². The second-order valence-electron chi connectivity index (χ2n) is 2.99. The molecule has 2 atom stereocenters. The Morgan fingerprint density at radius 1 is 1.75 bits per heavy atom. The Morgan fingerprint density at radius 2 is 2.42 bits per heavy atom. The molecule has 0 saturated heterocycles. The molecule has 1 aliphatic rings. The van der Waals surface area contributed by atoms with Crippen LogP contribution in [0.15, 0.2) is 23.3 Å². The van der Waals surface area contributed by atoms with Crippen molar-refractivity contribution in [2.75, 3.05) is 7.05 Å². The lowest BCUT2D eigenvalue weighted by Gasteiger charge is -2.17. The average molecular weight is 199 g/mol. The molecule has 66 valence electrons. The molecule has 0 radical (unpaired) electrons. The van der Waals surface area contributed by atoms with Crippen LogP contribution in [-0.4, -0.2) is 18.1 Å². The van der Waals surface area contributed by atoms with Gasteiger partial charge in [0.05, 0.1) is 0 Å². The highest BCUT2D eigenvalue weighted by Crippen LogP contribution is 2.23. The molecule has 0 saturated carbocycles. The molecule has 0 heterocycles. The monoisotopic (exact) mass is 199 g/mol. The van der Waals surface area contributed by atoms with Crippen molar-refractivity contribution in [3.63, 3.8) is 0 Å². The molecule has 3 heteroatoms. The molecule has 0 bridgehead atoms. The second kappa shape index (κ2) is 4.33. The third kappa shape index (κ3) is 2.26. The first kappa shape index (κ1) is 10.1. The molecule has 1 rings (SSSR count). The van der Waals surface area contributed by atoms with Gasteiger partial charge in [-0.15, -0.1) is 18.1 Å². The highest BCUT2D eigenvalue weighted by Gasteiger charge is 2.10. The topological polar surface area (TPSA) is 12.0 Å². The Morgan fingerprint density at radius 3 is 2.92 bits per heavy atom. The van der Waals surface area contributed by atoms with Gasteiger partial charge in [0.1, 0.15) is 0 Å². The number of hydrogen-bond donors (Lipinski definition) is 1. The largest absolute Gasteiger partial charge is 0.288 e. The lowest BCUT2D eigenvalue weighted by atomic mass is 9.99. The zero-order chi connectivity index (χ0) is 9.14. The predicted molar refractivity (Wildman–Crippen MR) is 62.3 cm³/mol. The van der Waals surface area contributed by atoms with Gasteiger partial charge in [0.2, 0.25) is 0 Å². The molecule has 0 aliphatic heterocycles. The molecule has 1 nitrogen and oxygen atoms in total. The average Bonchev–Trinajstić information content (AvgIpc) is 2.03. The molecule has 0 aromatic heterocycles. The standard InChI is InChI=1S/C9H15NP2/c1-6-5-7(11)3-4-8(6)9(12)10-2/h4-5,7,10,12H,3,11H2,1-2H3/t7-/m0/s1. The van der Waals surface area contributed by atoms with Crippen molar-refractivity contribution in [3.05, 3.63) is 23.3 Å². The first-order valence-corrected chi connectivity index (χ1v) is 5.23. The highest BCUT2D eigenvalue weighted by molar-refractivity contribution is 7.22. The van der Waals surface area contributed by atoms with Crippen LogP contribution in [0.1, 0.15) is 13.3 Å². The number of likely N-dealkylation sites (N-methyl/N-ethyl adjacent to an activating group) is 1. The molecule has 1 N–H and O–H groups in total. The minimum absolute atomic E-state index is 0.602. The summed E-state index contributed by atoms with van der Waals surface area (Å²) in [7, 11) is 8.29. The van der Waals surface area contributed by atoms with Crippen LogP contribution in [0.3, 0.4) is 0 Å². The summed E-state index contributed by atoms with van der Waals surface area (Å²) in [5.41, 5.74) is 4.29. The van der Waals surface area contributed by atoms with E-state index in [4.69, 9.17) is 0 Å². The minimum Gasteiger partial charge on any atom is -0.288 e. The Labute approximate surface area is 78.7 Å². The zero-order valence-electron chi connectivity index (χ0n) is 7.52. The Bertz CT molecular complexity index is 253. The van der Waals surface area contributed by atoms with Crippen LogP contribution in [0.4, 0.5) is 0 Å². The third-order valence-corrected chi connectivity index (χ3v) is 2.99. The molecule has 0 fully saturated rings. The van der Waals surface area contributed by atoms with Crippen LogP contribution >= 0.6 is 18.1 Å². The number of hydrogen-bond acceptors (Lipinski definition) is 0. The van der Waals surface area contributed by atoms with Gasteiger partial charge in [0.25, 0.3) is 0 Å².